The van der Waals surface area contributed by atoms with Crippen molar-refractivity contribution in [1.82, 2.24) is 19.4 Å². The Bertz CT molecular complexity index is 1240. The molecule has 0 radical (unpaired) electrons. The minimum absolute atomic E-state index is 0.0903. The number of nitro benzene ring substituents is 1. The fourth-order valence-corrected chi connectivity index (χ4v) is 2.97. The fraction of sp³-hybridized carbons (Fsp3) is 0.105. The molecule has 0 spiro atoms. The van der Waals surface area contributed by atoms with Crippen molar-refractivity contribution in [2.24, 2.45) is 0 Å². The number of methoxy groups -OCH3 is 1. The molecule has 10 heteroatoms. The lowest BCUT2D eigenvalue weighted by Gasteiger charge is -2.11. The summed E-state index contributed by atoms with van der Waals surface area (Å²) < 4.78 is 20.9. The molecular formula is C19H15FN6O3. The number of hydrogen-bond acceptors (Lipinski definition) is 7. The second kappa shape index (κ2) is 7.15. The summed E-state index contributed by atoms with van der Waals surface area (Å²) in [7, 11) is 1.34. The molecule has 3 aromatic heterocycles. The van der Waals surface area contributed by atoms with E-state index in [2.05, 4.69) is 20.3 Å². The highest BCUT2D eigenvalue weighted by Crippen LogP contribution is 2.33. The molecule has 0 aliphatic rings. The van der Waals surface area contributed by atoms with E-state index in [0.29, 0.717) is 5.69 Å². The van der Waals surface area contributed by atoms with Gasteiger partial charge in [0.1, 0.15) is 11.4 Å². The molecule has 4 rings (SSSR count). The monoisotopic (exact) mass is 394 g/mol. The number of rotatable bonds is 5. The summed E-state index contributed by atoms with van der Waals surface area (Å²) in [6.45, 7) is 1.97. The van der Waals surface area contributed by atoms with Crippen molar-refractivity contribution in [1.29, 1.82) is 0 Å². The normalized spacial score (nSPS) is 10.9. The number of anilines is 2. The van der Waals surface area contributed by atoms with Gasteiger partial charge in [0.2, 0.25) is 11.8 Å². The quantitative estimate of drug-likeness (QED) is 0.404. The average molecular weight is 394 g/mol. The van der Waals surface area contributed by atoms with Crippen molar-refractivity contribution in [3.05, 3.63) is 70.4 Å². The summed E-state index contributed by atoms with van der Waals surface area (Å²) in [4.78, 5) is 23.3. The third-order valence-corrected chi connectivity index (χ3v) is 4.36. The van der Waals surface area contributed by atoms with Gasteiger partial charge in [0.05, 0.1) is 35.3 Å². The highest BCUT2D eigenvalue weighted by atomic mass is 19.1. The minimum atomic E-state index is -0.992. The zero-order valence-electron chi connectivity index (χ0n) is 15.5. The van der Waals surface area contributed by atoms with Gasteiger partial charge in [-0.05, 0) is 24.6 Å². The number of fused-ring (bicyclic) bond motifs is 1. The summed E-state index contributed by atoms with van der Waals surface area (Å²) in [5, 5.41) is 13.9. The Labute approximate surface area is 164 Å². The minimum Gasteiger partial charge on any atom is -0.494 e. The molecule has 1 N–H and O–H groups in total. The van der Waals surface area contributed by atoms with Gasteiger partial charge in [-0.2, -0.15) is 4.39 Å². The van der Waals surface area contributed by atoms with Gasteiger partial charge < -0.3 is 10.1 Å². The summed E-state index contributed by atoms with van der Waals surface area (Å²) in [5.74, 6) is -0.731. The second-order valence-corrected chi connectivity index (χ2v) is 6.18. The Hall–Kier alpha value is -4.08. The molecule has 29 heavy (non-hydrogen) atoms. The van der Waals surface area contributed by atoms with Gasteiger partial charge >= 0.3 is 5.69 Å². The number of hydrogen-bond donors (Lipinski definition) is 1. The molecule has 146 valence electrons. The van der Waals surface area contributed by atoms with Crippen molar-refractivity contribution in [2.45, 2.75) is 6.92 Å². The number of benzene rings is 1. The van der Waals surface area contributed by atoms with Crippen LogP contribution in [0.3, 0.4) is 0 Å². The maximum absolute atomic E-state index is 13.8. The Morgan fingerprint density at radius 1 is 1.28 bits per heavy atom. The van der Waals surface area contributed by atoms with Crippen LogP contribution in [0, 0.1) is 22.9 Å². The first-order valence-corrected chi connectivity index (χ1v) is 8.53. The summed E-state index contributed by atoms with van der Waals surface area (Å²) in [6.07, 6.45) is 5.13. The Morgan fingerprint density at radius 2 is 2.10 bits per heavy atom. The van der Waals surface area contributed by atoms with Crippen LogP contribution in [0.15, 0.2) is 48.9 Å². The van der Waals surface area contributed by atoms with Gasteiger partial charge in [-0.1, -0.05) is 6.07 Å². The van der Waals surface area contributed by atoms with Crippen LogP contribution in [0.4, 0.5) is 21.7 Å². The van der Waals surface area contributed by atoms with Crippen LogP contribution in [0.25, 0.3) is 17.0 Å². The number of aromatic nitrogens is 4. The zero-order valence-corrected chi connectivity index (χ0v) is 15.5. The second-order valence-electron chi connectivity index (χ2n) is 6.18. The van der Waals surface area contributed by atoms with Crippen LogP contribution < -0.4 is 10.1 Å². The van der Waals surface area contributed by atoms with Crippen molar-refractivity contribution >= 4 is 23.0 Å². The summed E-state index contributed by atoms with van der Waals surface area (Å²) >= 11 is 0. The molecule has 0 unspecified atom stereocenters. The lowest BCUT2D eigenvalue weighted by molar-refractivity contribution is -0.387. The van der Waals surface area contributed by atoms with E-state index in [4.69, 9.17) is 4.74 Å². The third kappa shape index (κ3) is 3.31. The number of ether oxygens (including phenoxy) is 1. The molecule has 3 heterocycles. The first-order chi connectivity index (χ1) is 14.0. The van der Waals surface area contributed by atoms with Gasteiger partial charge in [-0.3, -0.25) is 14.5 Å². The number of nitrogens with one attached hydrogen (secondary N) is 1. The van der Waals surface area contributed by atoms with Crippen LogP contribution in [0.5, 0.6) is 5.75 Å². The average Bonchev–Trinajstić information content (AvgIpc) is 3.14. The maximum atomic E-state index is 13.8. The predicted molar refractivity (Wildman–Crippen MR) is 104 cm³/mol. The molecule has 0 aliphatic heterocycles. The van der Waals surface area contributed by atoms with E-state index < -0.39 is 16.4 Å². The van der Waals surface area contributed by atoms with E-state index in [1.165, 1.54) is 7.11 Å². The first-order valence-electron chi connectivity index (χ1n) is 8.53. The van der Waals surface area contributed by atoms with Gasteiger partial charge in [0, 0.05) is 24.5 Å². The number of imidazole rings is 1. The molecule has 0 atom stereocenters. The number of pyridine rings is 1. The molecule has 0 saturated heterocycles. The van der Waals surface area contributed by atoms with Crippen LogP contribution >= 0.6 is 0 Å². The highest BCUT2D eigenvalue weighted by Gasteiger charge is 2.20. The van der Waals surface area contributed by atoms with E-state index in [1.54, 1.807) is 18.5 Å². The Balaban J connectivity index is 1.74. The molecule has 0 bridgehead atoms. The summed E-state index contributed by atoms with van der Waals surface area (Å²) in [5.41, 5.74) is 2.68. The molecule has 4 aromatic rings. The van der Waals surface area contributed by atoms with Crippen molar-refractivity contribution < 1.29 is 14.1 Å². The predicted octanol–water partition coefficient (Wildman–Crippen LogP) is 3.90. The molecule has 0 aliphatic carbocycles. The summed E-state index contributed by atoms with van der Waals surface area (Å²) in [6, 6.07) is 7.59. The SMILES string of the molecule is COc1cc(F)c([N+](=O)[O-])cc1Nc1nccc(-c2cnc3c(C)cccn23)n1. The van der Waals surface area contributed by atoms with E-state index >= 15 is 0 Å². The molecule has 9 nitrogen and oxygen atoms in total. The van der Waals surface area contributed by atoms with Crippen LogP contribution in [-0.4, -0.2) is 31.4 Å². The van der Waals surface area contributed by atoms with Gasteiger partial charge in [0.25, 0.3) is 0 Å². The van der Waals surface area contributed by atoms with Crippen LogP contribution in [0.2, 0.25) is 0 Å². The lowest BCUT2D eigenvalue weighted by Crippen LogP contribution is -2.03. The smallest absolute Gasteiger partial charge is 0.307 e. The van der Waals surface area contributed by atoms with E-state index in [-0.39, 0.29) is 17.4 Å². The zero-order chi connectivity index (χ0) is 20.5. The number of nitro groups is 1. The molecular weight excluding hydrogens is 379 g/mol. The fourth-order valence-electron chi connectivity index (χ4n) is 2.97. The van der Waals surface area contributed by atoms with Gasteiger partial charge in [-0.25, -0.2) is 15.0 Å². The Morgan fingerprint density at radius 3 is 2.86 bits per heavy atom. The molecule has 0 saturated carbocycles. The number of halogens is 1. The maximum Gasteiger partial charge on any atom is 0.307 e. The van der Waals surface area contributed by atoms with Crippen LogP contribution in [-0.2, 0) is 0 Å². The molecule has 1 aromatic carbocycles. The lowest BCUT2D eigenvalue weighted by atomic mass is 10.2. The van der Waals surface area contributed by atoms with E-state index in [9.17, 15) is 14.5 Å². The van der Waals surface area contributed by atoms with E-state index in [1.807, 2.05) is 29.7 Å². The number of nitrogens with zero attached hydrogens (tertiary/aromatic N) is 5. The van der Waals surface area contributed by atoms with Crippen LogP contribution in [0.1, 0.15) is 5.56 Å². The Kier molecular flexibility index (Phi) is 4.51. The van der Waals surface area contributed by atoms with Gasteiger partial charge in [0.15, 0.2) is 0 Å². The largest absolute Gasteiger partial charge is 0.494 e. The van der Waals surface area contributed by atoms with Crippen molar-refractivity contribution in [3.8, 4) is 17.1 Å². The first kappa shape index (κ1) is 18.3. The molecule has 0 fully saturated rings. The standard InChI is InChI=1S/C19H15FN6O3/c1-11-4-3-7-25-16(10-22-18(11)25)13-5-6-21-19(23-13)24-14-9-15(26(27)28)12(20)8-17(14)29-2/h3-10H,1-2H3,(H,21,23,24). The van der Waals surface area contributed by atoms with Gasteiger partial charge in [-0.15, -0.1) is 0 Å². The van der Waals surface area contributed by atoms with E-state index in [0.717, 1.165) is 29.0 Å². The topological polar surface area (TPSA) is 107 Å². The van der Waals surface area contributed by atoms with Crippen molar-refractivity contribution in [2.75, 3.05) is 12.4 Å². The highest BCUT2D eigenvalue weighted by molar-refractivity contribution is 5.68. The third-order valence-electron chi connectivity index (χ3n) is 4.36. The number of aryl methyl sites for hydroxylation is 1. The molecule has 0 amide bonds. The van der Waals surface area contributed by atoms with Crippen molar-refractivity contribution in [3.63, 3.8) is 0 Å².